The van der Waals surface area contributed by atoms with Gasteiger partial charge in [-0.05, 0) is 48.4 Å². The zero-order chi connectivity index (χ0) is 25.5. The normalized spacial score (nSPS) is 12.6. The van der Waals surface area contributed by atoms with Gasteiger partial charge in [-0.2, -0.15) is 0 Å². The molecule has 0 atom stereocenters. The van der Waals surface area contributed by atoms with Gasteiger partial charge >= 0.3 is 0 Å². The lowest BCUT2D eigenvalue weighted by atomic mass is 10.1. The van der Waals surface area contributed by atoms with Gasteiger partial charge in [0.15, 0.2) is 24.8 Å². The lowest BCUT2D eigenvalue weighted by Crippen LogP contribution is -2.38. The van der Waals surface area contributed by atoms with Gasteiger partial charge < -0.3 is 23.9 Å². The van der Waals surface area contributed by atoms with Gasteiger partial charge in [0.2, 0.25) is 0 Å². The van der Waals surface area contributed by atoms with Gasteiger partial charge in [0, 0.05) is 19.2 Å². The molecule has 0 radical (unpaired) electrons. The number of fused-ring (bicyclic) bond motifs is 1. The highest BCUT2D eigenvalue weighted by atomic mass is 16.5. The van der Waals surface area contributed by atoms with Crippen LogP contribution < -0.4 is 19.7 Å². The maximum Gasteiger partial charge on any atom is 0.287 e. The predicted octanol–water partition coefficient (Wildman–Crippen LogP) is 3.41. The number of amides is 2. The van der Waals surface area contributed by atoms with Crippen LogP contribution in [0.3, 0.4) is 0 Å². The Morgan fingerprint density at radius 2 is 1.94 bits per heavy atom. The Balaban J connectivity index is 1.48. The fraction of sp³-hybridized carbons (Fsp3) is 0.296. The monoisotopic (exact) mass is 492 g/mol. The maximum absolute atomic E-state index is 12.9. The van der Waals surface area contributed by atoms with Crippen LogP contribution in [0.4, 0.5) is 5.69 Å². The molecule has 9 nitrogen and oxygen atoms in total. The van der Waals surface area contributed by atoms with Crippen LogP contribution in [0.25, 0.3) is 0 Å². The number of methoxy groups -OCH3 is 1. The minimum atomic E-state index is -0.371. The molecule has 0 saturated carbocycles. The second-order valence-corrected chi connectivity index (χ2v) is 8.14. The third-order valence-electron chi connectivity index (χ3n) is 5.73. The van der Waals surface area contributed by atoms with Crippen LogP contribution in [-0.4, -0.2) is 51.1 Å². The number of benzene rings is 2. The number of ketones is 1. The summed E-state index contributed by atoms with van der Waals surface area (Å²) >= 11 is 0. The number of aryl methyl sites for hydroxylation is 1. The van der Waals surface area contributed by atoms with Crippen molar-refractivity contribution < 1.29 is 33.0 Å². The topological polar surface area (TPSA) is 107 Å². The Labute approximate surface area is 208 Å². The molecule has 1 aliphatic heterocycles. The number of nitrogens with one attached hydrogen (secondary N) is 1. The molecular formula is C27H28N2O7. The number of anilines is 1. The Morgan fingerprint density at radius 3 is 2.75 bits per heavy atom. The van der Waals surface area contributed by atoms with E-state index in [1.165, 1.54) is 4.90 Å². The third-order valence-corrected chi connectivity index (χ3v) is 5.73. The number of hydrogen-bond acceptors (Lipinski definition) is 7. The Bertz CT molecular complexity index is 1250. The van der Waals surface area contributed by atoms with Gasteiger partial charge in [-0.15, -0.1) is 0 Å². The molecular weight excluding hydrogens is 464 g/mol. The number of nitrogens with zero attached hydrogens (tertiary/aromatic N) is 1. The average Bonchev–Trinajstić information content (AvgIpc) is 3.37. The number of ether oxygens (including phenoxy) is 3. The predicted molar refractivity (Wildman–Crippen MR) is 132 cm³/mol. The molecule has 2 aromatic carbocycles. The van der Waals surface area contributed by atoms with Crippen LogP contribution in [0.1, 0.15) is 39.2 Å². The second kappa shape index (κ2) is 11.5. The van der Waals surface area contributed by atoms with Crippen molar-refractivity contribution in [3.05, 3.63) is 77.2 Å². The van der Waals surface area contributed by atoms with Crippen LogP contribution >= 0.6 is 0 Å². The van der Waals surface area contributed by atoms with Gasteiger partial charge in [0.1, 0.15) is 17.3 Å². The summed E-state index contributed by atoms with van der Waals surface area (Å²) in [5.41, 5.74) is 1.86. The molecule has 1 aromatic heterocycles. The van der Waals surface area contributed by atoms with Gasteiger partial charge in [-0.1, -0.05) is 25.1 Å². The van der Waals surface area contributed by atoms with Crippen molar-refractivity contribution in [3.8, 4) is 11.5 Å². The summed E-state index contributed by atoms with van der Waals surface area (Å²) in [6.07, 6.45) is 0.793. The molecule has 0 saturated heterocycles. The van der Waals surface area contributed by atoms with Gasteiger partial charge in [0.05, 0.1) is 18.8 Å². The Kier molecular flexibility index (Phi) is 8.02. The Morgan fingerprint density at radius 1 is 1.11 bits per heavy atom. The third kappa shape index (κ3) is 5.75. The molecule has 0 aliphatic carbocycles. The highest BCUT2D eigenvalue weighted by Gasteiger charge is 2.28. The molecule has 2 amide bonds. The summed E-state index contributed by atoms with van der Waals surface area (Å²) < 4.78 is 21.9. The van der Waals surface area contributed by atoms with E-state index < -0.39 is 0 Å². The van der Waals surface area contributed by atoms with E-state index >= 15 is 0 Å². The molecule has 4 rings (SSSR count). The SMILES string of the molecule is CCc1ccccc1OCC(=O)c1ccc2c(c1)N(Cc1ccc(C(=O)NCCOC)o1)C(=O)CO2. The molecule has 188 valence electrons. The van der Waals surface area contributed by atoms with Crippen molar-refractivity contribution in [2.45, 2.75) is 19.9 Å². The van der Waals surface area contributed by atoms with Crippen molar-refractivity contribution in [2.24, 2.45) is 0 Å². The molecule has 2 heterocycles. The van der Waals surface area contributed by atoms with Crippen LogP contribution in [0, 0.1) is 0 Å². The average molecular weight is 493 g/mol. The van der Waals surface area contributed by atoms with E-state index in [0.717, 1.165) is 12.0 Å². The van der Waals surface area contributed by atoms with Crippen molar-refractivity contribution in [1.82, 2.24) is 5.32 Å². The first-order valence-electron chi connectivity index (χ1n) is 11.7. The Hall–Kier alpha value is -4.11. The summed E-state index contributed by atoms with van der Waals surface area (Å²) in [5.74, 6) is 0.820. The summed E-state index contributed by atoms with van der Waals surface area (Å²) in [5, 5.41) is 2.68. The molecule has 0 spiro atoms. The van der Waals surface area contributed by atoms with E-state index in [2.05, 4.69) is 5.32 Å². The summed E-state index contributed by atoms with van der Waals surface area (Å²) in [4.78, 5) is 39.3. The quantitative estimate of drug-likeness (QED) is 0.323. The van der Waals surface area contributed by atoms with Crippen LogP contribution in [0.2, 0.25) is 0 Å². The highest BCUT2D eigenvalue weighted by Crippen LogP contribution is 2.34. The first kappa shape index (κ1) is 25.0. The number of hydrogen-bond donors (Lipinski definition) is 1. The fourth-order valence-corrected chi connectivity index (χ4v) is 3.81. The van der Waals surface area contributed by atoms with Crippen LogP contribution in [0.15, 0.2) is 59.0 Å². The molecule has 0 unspecified atom stereocenters. The number of rotatable bonds is 11. The largest absolute Gasteiger partial charge is 0.485 e. The number of carbonyl (C=O) groups is 3. The lowest BCUT2D eigenvalue weighted by molar-refractivity contribution is -0.121. The molecule has 3 aromatic rings. The van der Waals surface area contributed by atoms with Crippen molar-refractivity contribution in [2.75, 3.05) is 38.4 Å². The molecule has 36 heavy (non-hydrogen) atoms. The molecule has 1 aliphatic rings. The maximum atomic E-state index is 12.9. The smallest absolute Gasteiger partial charge is 0.287 e. The minimum absolute atomic E-state index is 0.0819. The van der Waals surface area contributed by atoms with E-state index in [-0.39, 0.29) is 43.1 Å². The van der Waals surface area contributed by atoms with E-state index in [1.54, 1.807) is 37.4 Å². The lowest BCUT2D eigenvalue weighted by Gasteiger charge is -2.29. The van der Waals surface area contributed by atoms with Crippen molar-refractivity contribution in [3.63, 3.8) is 0 Å². The zero-order valence-electron chi connectivity index (χ0n) is 20.2. The number of para-hydroxylation sites is 1. The molecule has 1 N–H and O–H groups in total. The van der Waals surface area contributed by atoms with Crippen LogP contribution in [-0.2, 0) is 22.5 Å². The van der Waals surface area contributed by atoms with E-state index in [9.17, 15) is 14.4 Å². The number of furan rings is 1. The minimum Gasteiger partial charge on any atom is -0.485 e. The van der Waals surface area contributed by atoms with Gasteiger partial charge in [-0.25, -0.2) is 0 Å². The number of Topliss-reactive ketones (excluding diaryl/α,β-unsaturated/α-hetero) is 1. The van der Waals surface area contributed by atoms with Crippen molar-refractivity contribution in [1.29, 1.82) is 0 Å². The van der Waals surface area contributed by atoms with E-state index in [0.29, 0.717) is 41.7 Å². The second-order valence-electron chi connectivity index (χ2n) is 8.14. The first-order chi connectivity index (χ1) is 17.5. The highest BCUT2D eigenvalue weighted by molar-refractivity contribution is 6.02. The van der Waals surface area contributed by atoms with Gasteiger partial charge in [0.25, 0.3) is 11.8 Å². The molecule has 0 bridgehead atoms. The summed E-state index contributed by atoms with van der Waals surface area (Å²) in [7, 11) is 1.55. The first-order valence-corrected chi connectivity index (χ1v) is 11.7. The molecule has 0 fully saturated rings. The van der Waals surface area contributed by atoms with E-state index in [4.69, 9.17) is 18.6 Å². The van der Waals surface area contributed by atoms with Crippen LogP contribution in [0.5, 0.6) is 11.5 Å². The summed E-state index contributed by atoms with van der Waals surface area (Å²) in [6, 6.07) is 15.7. The fourth-order valence-electron chi connectivity index (χ4n) is 3.81. The van der Waals surface area contributed by atoms with E-state index in [1.807, 2.05) is 31.2 Å². The van der Waals surface area contributed by atoms with Crippen molar-refractivity contribution >= 4 is 23.3 Å². The van der Waals surface area contributed by atoms with Gasteiger partial charge in [-0.3, -0.25) is 19.3 Å². The standard InChI is InChI=1S/C27H28N2O7/c1-3-18-6-4-5-7-23(18)34-16-22(30)19-8-10-24-21(14-19)29(26(31)17-35-24)15-20-9-11-25(36-20)27(32)28-12-13-33-2/h4-11,14H,3,12-13,15-17H2,1-2H3,(H,28,32). The zero-order valence-corrected chi connectivity index (χ0v) is 20.2. The number of carbonyl (C=O) groups excluding carboxylic acids is 3. The summed E-state index contributed by atoms with van der Waals surface area (Å²) in [6.45, 7) is 2.57. The molecule has 9 heteroatoms.